The minimum absolute atomic E-state index is 0.443. The molecule has 16 heavy (non-hydrogen) atoms. The molecule has 2 N–H and O–H groups in total. The zero-order valence-electron chi connectivity index (χ0n) is 10.8. The molecule has 0 spiro atoms. The van der Waals surface area contributed by atoms with E-state index in [9.17, 15) is 4.79 Å². The molecule has 1 saturated carbocycles. The maximum atomic E-state index is 11.0. The summed E-state index contributed by atoms with van der Waals surface area (Å²) in [7, 11) is 0. The first-order valence-corrected chi connectivity index (χ1v) is 6.40. The van der Waals surface area contributed by atoms with Crippen molar-refractivity contribution in [2.45, 2.75) is 58.9 Å². The lowest BCUT2D eigenvalue weighted by Gasteiger charge is -2.30. The first kappa shape index (κ1) is 13.5. The van der Waals surface area contributed by atoms with Crippen LogP contribution >= 0.6 is 0 Å². The van der Waals surface area contributed by atoms with E-state index >= 15 is 0 Å². The van der Waals surface area contributed by atoms with Crippen LogP contribution in [0.2, 0.25) is 0 Å². The summed E-state index contributed by atoms with van der Waals surface area (Å²) in [5.41, 5.74) is -0.664. The van der Waals surface area contributed by atoms with Gasteiger partial charge in [0.1, 0.15) is 0 Å². The van der Waals surface area contributed by atoms with Gasteiger partial charge in [-0.1, -0.05) is 19.3 Å². The molecule has 0 heterocycles. The molecular formula is C13H25NO2. The molecule has 0 aromatic rings. The second kappa shape index (κ2) is 5.67. The van der Waals surface area contributed by atoms with E-state index in [0.29, 0.717) is 12.6 Å². The molecule has 3 nitrogen and oxygen atoms in total. The van der Waals surface area contributed by atoms with E-state index in [2.05, 4.69) is 12.2 Å². The van der Waals surface area contributed by atoms with E-state index in [1.807, 2.05) is 0 Å². The predicted molar refractivity (Wildman–Crippen MR) is 65.5 cm³/mol. The van der Waals surface area contributed by atoms with E-state index in [-0.39, 0.29) is 0 Å². The summed E-state index contributed by atoms with van der Waals surface area (Å²) in [5, 5.41) is 12.4. The first-order valence-electron chi connectivity index (χ1n) is 6.40. The fraction of sp³-hybridized carbons (Fsp3) is 0.923. The number of carboxylic acid groups (broad SMARTS) is 1. The van der Waals surface area contributed by atoms with Crippen LogP contribution in [0.3, 0.4) is 0 Å². The number of carboxylic acids is 1. The fourth-order valence-corrected chi connectivity index (χ4v) is 2.29. The number of aliphatic carboxylic acids is 1. The molecule has 1 atom stereocenters. The third-order valence-electron chi connectivity index (χ3n) is 3.80. The quantitative estimate of drug-likeness (QED) is 0.759. The van der Waals surface area contributed by atoms with E-state index in [4.69, 9.17) is 5.11 Å². The SMILES string of the molecule is C[C@@H](NCC(C)(C)C(=O)O)C1CCCCC1. The molecule has 0 saturated heterocycles. The predicted octanol–water partition coefficient (Wildman–Crippen LogP) is 2.66. The first-order chi connectivity index (χ1) is 7.43. The van der Waals surface area contributed by atoms with Crippen LogP contribution in [0, 0.1) is 11.3 Å². The Kier molecular flexibility index (Phi) is 4.78. The summed E-state index contributed by atoms with van der Waals surface area (Å²) in [6.07, 6.45) is 6.62. The van der Waals surface area contributed by atoms with Gasteiger partial charge in [-0.3, -0.25) is 4.79 Å². The molecule has 0 amide bonds. The van der Waals surface area contributed by atoms with Gasteiger partial charge in [0.05, 0.1) is 5.41 Å². The molecule has 0 bridgehead atoms. The number of rotatable bonds is 5. The van der Waals surface area contributed by atoms with Gasteiger partial charge in [-0.25, -0.2) is 0 Å². The molecule has 3 heteroatoms. The molecule has 0 aliphatic heterocycles. The highest BCUT2D eigenvalue weighted by Gasteiger charge is 2.28. The van der Waals surface area contributed by atoms with Gasteiger partial charge >= 0.3 is 5.97 Å². The number of nitrogens with one attached hydrogen (secondary N) is 1. The highest BCUT2D eigenvalue weighted by molar-refractivity contribution is 5.73. The molecular weight excluding hydrogens is 202 g/mol. The van der Waals surface area contributed by atoms with Crippen LogP contribution in [0.15, 0.2) is 0 Å². The van der Waals surface area contributed by atoms with Crippen LogP contribution in [-0.4, -0.2) is 23.7 Å². The molecule has 1 rings (SSSR count). The summed E-state index contributed by atoms with van der Waals surface area (Å²) in [4.78, 5) is 11.0. The van der Waals surface area contributed by atoms with Gasteiger partial charge in [-0.05, 0) is 39.5 Å². The highest BCUT2D eigenvalue weighted by atomic mass is 16.4. The summed E-state index contributed by atoms with van der Waals surface area (Å²) in [6.45, 7) is 6.29. The highest BCUT2D eigenvalue weighted by Crippen LogP contribution is 2.26. The Morgan fingerprint density at radius 2 is 1.94 bits per heavy atom. The summed E-state index contributed by atoms with van der Waals surface area (Å²) >= 11 is 0. The second-order valence-corrected chi connectivity index (χ2v) is 5.76. The third kappa shape index (κ3) is 3.78. The number of hydrogen-bond acceptors (Lipinski definition) is 2. The van der Waals surface area contributed by atoms with E-state index in [0.717, 1.165) is 5.92 Å². The largest absolute Gasteiger partial charge is 0.481 e. The smallest absolute Gasteiger partial charge is 0.310 e. The van der Waals surface area contributed by atoms with E-state index in [1.165, 1.54) is 32.1 Å². The number of hydrogen-bond donors (Lipinski definition) is 2. The van der Waals surface area contributed by atoms with Crippen molar-refractivity contribution in [3.05, 3.63) is 0 Å². The zero-order chi connectivity index (χ0) is 12.2. The minimum Gasteiger partial charge on any atom is -0.481 e. The molecule has 0 radical (unpaired) electrons. The average Bonchev–Trinajstić information content (AvgIpc) is 2.27. The lowest BCUT2D eigenvalue weighted by Crippen LogP contribution is -2.43. The fourth-order valence-electron chi connectivity index (χ4n) is 2.29. The van der Waals surface area contributed by atoms with Crippen molar-refractivity contribution in [3.8, 4) is 0 Å². The van der Waals surface area contributed by atoms with E-state index in [1.54, 1.807) is 13.8 Å². The van der Waals surface area contributed by atoms with E-state index < -0.39 is 11.4 Å². The Balaban J connectivity index is 2.33. The summed E-state index contributed by atoms with van der Waals surface area (Å²) in [5.74, 6) is 0.00851. The van der Waals surface area contributed by atoms with Gasteiger partial charge in [-0.2, -0.15) is 0 Å². The zero-order valence-corrected chi connectivity index (χ0v) is 10.8. The maximum absolute atomic E-state index is 11.0. The van der Waals surface area contributed by atoms with Gasteiger partial charge in [0.2, 0.25) is 0 Å². The molecule has 1 aliphatic carbocycles. The summed E-state index contributed by atoms with van der Waals surface area (Å²) in [6, 6.07) is 0.443. The van der Waals surface area contributed by atoms with Gasteiger partial charge in [-0.15, -0.1) is 0 Å². The van der Waals surface area contributed by atoms with Crippen molar-refractivity contribution < 1.29 is 9.90 Å². The van der Waals surface area contributed by atoms with Crippen molar-refractivity contribution in [2.24, 2.45) is 11.3 Å². The van der Waals surface area contributed by atoms with Crippen LogP contribution in [0.25, 0.3) is 0 Å². The minimum atomic E-state index is -0.726. The molecule has 1 aliphatic rings. The Hall–Kier alpha value is -0.570. The molecule has 0 aromatic carbocycles. The lowest BCUT2D eigenvalue weighted by molar-refractivity contribution is -0.146. The van der Waals surface area contributed by atoms with Crippen LogP contribution in [-0.2, 0) is 4.79 Å². The van der Waals surface area contributed by atoms with Crippen molar-refractivity contribution in [1.82, 2.24) is 5.32 Å². The normalized spacial score (nSPS) is 20.7. The number of carbonyl (C=O) groups is 1. The van der Waals surface area contributed by atoms with Crippen LogP contribution in [0.1, 0.15) is 52.9 Å². The van der Waals surface area contributed by atoms with Crippen molar-refractivity contribution in [1.29, 1.82) is 0 Å². The maximum Gasteiger partial charge on any atom is 0.310 e. The Morgan fingerprint density at radius 3 is 2.44 bits per heavy atom. The monoisotopic (exact) mass is 227 g/mol. The lowest BCUT2D eigenvalue weighted by atomic mass is 9.84. The molecule has 0 unspecified atom stereocenters. The van der Waals surface area contributed by atoms with Gasteiger partial charge in [0, 0.05) is 12.6 Å². The van der Waals surface area contributed by atoms with Gasteiger partial charge < -0.3 is 10.4 Å². The van der Waals surface area contributed by atoms with Crippen molar-refractivity contribution in [3.63, 3.8) is 0 Å². The third-order valence-corrected chi connectivity index (χ3v) is 3.80. The topological polar surface area (TPSA) is 49.3 Å². The standard InChI is InChI=1S/C13H25NO2/c1-10(11-7-5-4-6-8-11)14-9-13(2,3)12(15)16/h10-11,14H,4-9H2,1-3H3,(H,15,16)/t10-/m1/s1. The van der Waals surface area contributed by atoms with Gasteiger partial charge in [0.25, 0.3) is 0 Å². The summed E-state index contributed by atoms with van der Waals surface area (Å²) < 4.78 is 0. The van der Waals surface area contributed by atoms with Crippen molar-refractivity contribution >= 4 is 5.97 Å². The average molecular weight is 227 g/mol. The van der Waals surface area contributed by atoms with Crippen LogP contribution in [0.5, 0.6) is 0 Å². The van der Waals surface area contributed by atoms with Crippen LogP contribution in [0.4, 0.5) is 0 Å². The Bertz CT molecular complexity index is 232. The molecule has 1 fully saturated rings. The second-order valence-electron chi connectivity index (χ2n) is 5.76. The van der Waals surface area contributed by atoms with Crippen LogP contribution < -0.4 is 5.32 Å². The Morgan fingerprint density at radius 1 is 1.38 bits per heavy atom. The molecule has 94 valence electrons. The Labute approximate surface area is 98.6 Å². The molecule has 0 aromatic heterocycles. The van der Waals surface area contributed by atoms with Gasteiger partial charge in [0.15, 0.2) is 0 Å². The van der Waals surface area contributed by atoms with Crippen molar-refractivity contribution in [2.75, 3.05) is 6.54 Å².